The number of halogens is 1. The Kier molecular flexibility index (Phi) is 8.28. The average Bonchev–Trinajstić information content (AvgIpc) is 3.56. The molecule has 2 heterocycles. The van der Waals surface area contributed by atoms with Gasteiger partial charge in [-0.05, 0) is 68.0 Å². The van der Waals surface area contributed by atoms with E-state index in [2.05, 4.69) is 22.8 Å². The Morgan fingerprint density at radius 2 is 1.93 bits per heavy atom. The highest BCUT2D eigenvalue weighted by molar-refractivity contribution is 6.30. The smallest absolute Gasteiger partial charge is 0.290 e. The summed E-state index contributed by atoms with van der Waals surface area (Å²) in [5.74, 6) is 2.25. The SMILES string of the molecule is Clc1cccc(Nc2ccc(CNCC3CCOCC3)c(C3CC3)n2)c1.O=CO. The molecule has 6 nitrogen and oxygen atoms in total. The van der Waals surface area contributed by atoms with Gasteiger partial charge in [-0.3, -0.25) is 4.79 Å². The third-order valence-corrected chi connectivity index (χ3v) is 5.40. The molecule has 0 atom stereocenters. The maximum Gasteiger partial charge on any atom is 0.290 e. The Bertz CT molecular complexity index is 793. The van der Waals surface area contributed by atoms with Crippen LogP contribution in [0, 0.1) is 5.92 Å². The van der Waals surface area contributed by atoms with E-state index in [4.69, 9.17) is 31.2 Å². The van der Waals surface area contributed by atoms with Gasteiger partial charge in [0.05, 0.1) is 5.69 Å². The van der Waals surface area contributed by atoms with Crippen molar-refractivity contribution in [2.75, 3.05) is 25.1 Å². The van der Waals surface area contributed by atoms with Crippen LogP contribution < -0.4 is 10.6 Å². The van der Waals surface area contributed by atoms with E-state index in [9.17, 15) is 0 Å². The van der Waals surface area contributed by atoms with Crippen molar-refractivity contribution in [1.82, 2.24) is 10.3 Å². The quantitative estimate of drug-likeness (QED) is 0.572. The second-order valence-corrected chi connectivity index (χ2v) is 7.88. The number of carboxylic acid groups (broad SMARTS) is 1. The molecule has 1 aliphatic heterocycles. The molecule has 2 aromatic rings. The molecule has 7 heteroatoms. The number of benzene rings is 1. The maximum absolute atomic E-state index is 8.36. The number of ether oxygens (including phenoxy) is 1. The van der Waals surface area contributed by atoms with E-state index < -0.39 is 0 Å². The second kappa shape index (κ2) is 11.1. The highest BCUT2D eigenvalue weighted by Gasteiger charge is 2.28. The number of pyridine rings is 1. The van der Waals surface area contributed by atoms with Crippen molar-refractivity contribution in [3.05, 3.63) is 52.7 Å². The van der Waals surface area contributed by atoms with Crippen LogP contribution in [0.2, 0.25) is 5.02 Å². The predicted octanol–water partition coefficient (Wildman–Crippen LogP) is 4.57. The molecular weight excluding hydrogens is 390 g/mol. The number of anilines is 2. The molecule has 0 radical (unpaired) electrons. The first-order chi connectivity index (χ1) is 14.2. The van der Waals surface area contributed by atoms with Gasteiger partial charge < -0.3 is 20.5 Å². The van der Waals surface area contributed by atoms with Gasteiger partial charge in [0.1, 0.15) is 5.82 Å². The molecule has 1 aromatic heterocycles. The van der Waals surface area contributed by atoms with Crippen molar-refractivity contribution in [2.24, 2.45) is 5.92 Å². The molecule has 4 rings (SSSR count). The molecule has 29 heavy (non-hydrogen) atoms. The fourth-order valence-corrected chi connectivity index (χ4v) is 3.70. The molecule has 1 saturated heterocycles. The van der Waals surface area contributed by atoms with Crippen molar-refractivity contribution >= 4 is 29.6 Å². The highest BCUT2D eigenvalue weighted by Crippen LogP contribution is 2.41. The third-order valence-electron chi connectivity index (χ3n) is 5.16. The zero-order valence-electron chi connectivity index (χ0n) is 16.4. The average molecular weight is 418 g/mol. The molecule has 1 aromatic carbocycles. The van der Waals surface area contributed by atoms with E-state index in [0.29, 0.717) is 5.92 Å². The van der Waals surface area contributed by atoms with E-state index in [1.54, 1.807) is 0 Å². The third kappa shape index (κ3) is 6.99. The first kappa shape index (κ1) is 21.6. The molecule has 3 N–H and O–H groups in total. The van der Waals surface area contributed by atoms with Crippen LogP contribution in [0.3, 0.4) is 0 Å². The molecule has 2 fully saturated rings. The Balaban J connectivity index is 0.000000755. The van der Waals surface area contributed by atoms with Crippen molar-refractivity contribution in [3.63, 3.8) is 0 Å². The number of aromatic nitrogens is 1. The van der Waals surface area contributed by atoms with Crippen molar-refractivity contribution in [3.8, 4) is 0 Å². The van der Waals surface area contributed by atoms with Gasteiger partial charge in [-0.15, -0.1) is 0 Å². The zero-order chi connectivity index (χ0) is 20.5. The van der Waals surface area contributed by atoms with Gasteiger partial charge in [0, 0.05) is 36.4 Å². The Morgan fingerprint density at radius 1 is 1.17 bits per heavy atom. The molecule has 1 saturated carbocycles. The van der Waals surface area contributed by atoms with Gasteiger partial charge in [-0.2, -0.15) is 0 Å². The van der Waals surface area contributed by atoms with E-state index in [0.717, 1.165) is 48.7 Å². The first-order valence-electron chi connectivity index (χ1n) is 10.1. The molecule has 2 aliphatic rings. The lowest BCUT2D eigenvalue weighted by Gasteiger charge is -2.22. The summed E-state index contributed by atoms with van der Waals surface area (Å²) in [6.45, 7) is 3.53. The summed E-state index contributed by atoms with van der Waals surface area (Å²) in [5, 5.41) is 14.6. The lowest BCUT2D eigenvalue weighted by atomic mass is 10.0. The van der Waals surface area contributed by atoms with E-state index in [1.807, 2.05) is 24.3 Å². The van der Waals surface area contributed by atoms with Crippen LogP contribution in [0.4, 0.5) is 11.5 Å². The van der Waals surface area contributed by atoms with Crippen LogP contribution >= 0.6 is 11.6 Å². The van der Waals surface area contributed by atoms with Crippen molar-refractivity contribution in [1.29, 1.82) is 0 Å². The van der Waals surface area contributed by atoms with Gasteiger partial charge >= 0.3 is 0 Å². The number of rotatable bonds is 7. The Hall–Kier alpha value is -2.15. The topological polar surface area (TPSA) is 83.5 Å². The lowest BCUT2D eigenvalue weighted by Crippen LogP contribution is -2.27. The van der Waals surface area contributed by atoms with Crippen LogP contribution in [-0.4, -0.2) is 36.3 Å². The van der Waals surface area contributed by atoms with E-state index in [-0.39, 0.29) is 6.47 Å². The molecule has 0 spiro atoms. The normalized spacial score (nSPS) is 16.6. The summed E-state index contributed by atoms with van der Waals surface area (Å²) in [7, 11) is 0. The number of hydrogen-bond donors (Lipinski definition) is 3. The van der Waals surface area contributed by atoms with Gasteiger partial charge in [0.2, 0.25) is 0 Å². The van der Waals surface area contributed by atoms with Gasteiger partial charge in [0.25, 0.3) is 6.47 Å². The number of carbonyl (C=O) groups is 1. The van der Waals surface area contributed by atoms with Crippen LogP contribution in [0.5, 0.6) is 0 Å². The van der Waals surface area contributed by atoms with Crippen molar-refractivity contribution < 1.29 is 14.6 Å². The van der Waals surface area contributed by atoms with Gasteiger partial charge in [-0.1, -0.05) is 23.7 Å². The fourth-order valence-electron chi connectivity index (χ4n) is 3.51. The summed E-state index contributed by atoms with van der Waals surface area (Å²) in [6, 6.07) is 12.0. The van der Waals surface area contributed by atoms with Gasteiger partial charge in [0.15, 0.2) is 0 Å². The predicted molar refractivity (Wildman–Crippen MR) is 115 cm³/mol. The minimum Gasteiger partial charge on any atom is -0.483 e. The molecular formula is C22H28ClN3O3. The summed E-state index contributed by atoms with van der Waals surface area (Å²) in [5.41, 5.74) is 3.55. The standard InChI is InChI=1S/C21H26ClN3O.CH2O2/c22-18-2-1-3-19(12-18)24-20-7-6-17(21(25-20)16-4-5-16)14-23-13-15-8-10-26-11-9-15;2-1-3/h1-3,6-7,12,15-16,23H,4-5,8-11,13-14H2,(H,24,25);1H,(H,2,3). The Morgan fingerprint density at radius 3 is 2.62 bits per heavy atom. The van der Waals surface area contributed by atoms with Crippen LogP contribution in [0.1, 0.15) is 42.9 Å². The maximum atomic E-state index is 8.36. The fraction of sp³-hybridized carbons (Fsp3) is 0.455. The van der Waals surface area contributed by atoms with Crippen molar-refractivity contribution in [2.45, 2.75) is 38.1 Å². The summed E-state index contributed by atoms with van der Waals surface area (Å²) in [6.07, 6.45) is 4.84. The van der Waals surface area contributed by atoms with Crippen LogP contribution in [0.25, 0.3) is 0 Å². The first-order valence-corrected chi connectivity index (χ1v) is 10.5. The lowest BCUT2D eigenvalue weighted by molar-refractivity contribution is -0.122. The van der Waals surface area contributed by atoms with E-state index >= 15 is 0 Å². The molecule has 0 amide bonds. The summed E-state index contributed by atoms with van der Waals surface area (Å²) >= 11 is 6.07. The zero-order valence-corrected chi connectivity index (χ0v) is 17.2. The molecule has 0 bridgehead atoms. The number of nitrogens with zero attached hydrogens (tertiary/aromatic N) is 1. The Labute approximate surface area is 176 Å². The second-order valence-electron chi connectivity index (χ2n) is 7.44. The molecule has 1 aliphatic carbocycles. The van der Waals surface area contributed by atoms with E-state index in [1.165, 1.54) is 36.9 Å². The highest BCUT2D eigenvalue weighted by atomic mass is 35.5. The largest absolute Gasteiger partial charge is 0.483 e. The minimum atomic E-state index is -0.250. The number of nitrogens with one attached hydrogen (secondary N) is 2. The number of hydrogen-bond acceptors (Lipinski definition) is 5. The van der Waals surface area contributed by atoms with Crippen LogP contribution in [0.15, 0.2) is 36.4 Å². The van der Waals surface area contributed by atoms with Gasteiger partial charge in [-0.25, -0.2) is 4.98 Å². The summed E-state index contributed by atoms with van der Waals surface area (Å²) < 4.78 is 5.44. The summed E-state index contributed by atoms with van der Waals surface area (Å²) in [4.78, 5) is 13.3. The molecule has 0 unspecified atom stereocenters. The molecule has 156 valence electrons. The van der Waals surface area contributed by atoms with Crippen LogP contribution in [-0.2, 0) is 16.1 Å². The monoisotopic (exact) mass is 417 g/mol. The minimum absolute atomic E-state index is 0.250.